The van der Waals surface area contributed by atoms with Crippen LogP contribution in [-0.4, -0.2) is 30.3 Å². The lowest BCUT2D eigenvalue weighted by atomic mass is 10.1. The minimum Gasteiger partial charge on any atom is -0.481 e. The molecule has 1 aromatic rings. The second-order valence-corrected chi connectivity index (χ2v) is 3.76. The van der Waals surface area contributed by atoms with E-state index in [1.807, 2.05) is 12.1 Å². The van der Waals surface area contributed by atoms with Crippen LogP contribution in [0.3, 0.4) is 0 Å². The second kappa shape index (κ2) is 5.43. The predicted molar refractivity (Wildman–Crippen MR) is 61.8 cm³/mol. The third kappa shape index (κ3) is 2.93. The third-order valence-electron chi connectivity index (χ3n) is 2.47. The van der Waals surface area contributed by atoms with Gasteiger partial charge in [-0.3, -0.25) is 0 Å². The topological polar surface area (TPSA) is 65.0 Å². The van der Waals surface area contributed by atoms with Gasteiger partial charge < -0.3 is 19.3 Å². The molecule has 5 heteroatoms. The summed E-state index contributed by atoms with van der Waals surface area (Å²) < 4.78 is 14.5. The molecule has 0 aromatic heterocycles. The average Bonchev–Trinajstić information content (AvgIpc) is 2.67. The van der Waals surface area contributed by atoms with Gasteiger partial charge in [-0.05, 0) is 17.7 Å². The third-order valence-corrected chi connectivity index (χ3v) is 2.47. The van der Waals surface area contributed by atoms with Crippen molar-refractivity contribution in [2.45, 2.75) is 18.8 Å². The van der Waals surface area contributed by atoms with Crippen molar-refractivity contribution in [3.63, 3.8) is 0 Å². The summed E-state index contributed by atoms with van der Waals surface area (Å²) in [7, 11) is 0. The van der Waals surface area contributed by atoms with Crippen LogP contribution in [0.15, 0.2) is 24.3 Å². The molecular weight excluding hydrogens is 236 g/mol. The highest BCUT2D eigenvalue weighted by Gasteiger charge is 2.34. The Balaban J connectivity index is 1.94. The van der Waals surface area contributed by atoms with E-state index in [4.69, 9.17) is 15.9 Å². The van der Waals surface area contributed by atoms with Crippen molar-refractivity contribution in [2.24, 2.45) is 0 Å². The van der Waals surface area contributed by atoms with Gasteiger partial charge in [0, 0.05) is 6.42 Å². The maximum atomic E-state index is 10.8. The molecule has 2 unspecified atom stereocenters. The molecule has 1 saturated heterocycles. The maximum Gasteiger partial charge on any atom is 0.511 e. The van der Waals surface area contributed by atoms with Crippen LogP contribution in [0.5, 0.6) is 5.75 Å². The van der Waals surface area contributed by atoms with Crippen LogP contribution in [-0.2, 0) is 15.9 Å². The number of hydrogen-bond donors (Lipinski definition) is 1. The molecule has 1 aromatic carbocycles. The van der Waals surface area contributed by atoms with Crippen molar-refractivity contribution in [2.75, 3.05) is 6.61 Å². The van der Waals surface area contributed by atoms with Gasteiger partial charge in [0.2, 0.25) is 6.29 Å². The number of terminal acetylenes is 1. The van der Waals surface area contributed by atoms with E-state index in [2.05, 4.69) is 10.7 Å². The molecule has 0 spiro atoms. The fourth-order valence-electron chi connectivity index (χ4n) is 1.61. The first kappa shape index (κ1) is 12.3. The molecule has 2 rings (SSSR count). The number of aliphatic hydroxyl groups is 1. The van der Waals surface area contributed by atoms with Crippen LogP contribution in [0.25, 0.3) is 0 Å². The zero-order valence-corrected chi connectivity index (χ0v) is 9.54. The van der Waals surface area contributed by atoms with Crippen molar-refractivity contribution in [1.29, 1.82) is 0 Å². The number of cyclic esters (lactones) is 2. The van der Waals surface area contributed by atoms with Gasteiger partial charge >= 0.3 is 6.16 Å². The number of ether oxygens (including phenoxy) is 3. The van der Waals surface area contributed by atoms with E-state index in [0.29, 0.717) is 12.2 Å². The summed E-state index contributed by atoms with van der Waals surface area (Å²) in [5.74, 6) is 3.03. The Kier molecular flexibility index (Phi) is 3.70. The highest BCUT2D eigenvalue weighted by molar-refractivity contribution is 5.62. The molecule has 2 atom stereocenters. The smallest absolute Gasteiger partial charge is 0.481 e. The number of carbonyl (C=O) groups excluding carboxylic acids is 1. The highest BCUT2D eigenvalue weighted by atomic mass is 16.8. The molecule has 1 fully saturated rings. The fraction of sp³-hybridized carbons (Fsp3) is 0.308. The first-order valence-corrected chi connectivity index (χ1v) is 5.39. The Morgan fingerprint density at radius 1 is 1.33 bits per heavy atom. The van der Waals surface area contributed by atoms with Crippen molar-refractivity contribution in [3.8, 4) is 18.1 Å². The van der Waals surface area contributed by atoms with E-state index in [9.17, 15) is 9.90 Å². The quantitative estimate of drug-likeness (QED) is 0.638. The van der Waals surface area contributed by atoms with Crippen LogP contribution < -0.4 is 4.74 Å². The summed E-state index contributed by atoms with van der Waals surface area (Å²) in [6.45, 7) is 0.214. The van der Waals surface area contributed by atoms with Crippen LogP contribution in [0.2, 0.25) is 0 Å². The molecule has 0 amide bonds. The van der Waals surface area contributed by atoms with Gasteiger partial charge in [-0.1, -0.05) is 18.1 Å². The molecule has 0 saturated carbocycles. The van der Waals surface area contributed by atoms with Gasteiger partial charge in [-0.15, -0.1) is 6.42 Å². The minimum absolute atomic E-state index is 0.214. The molecule has 5 nitrogen and oxygen atoms in total. The largest absolute Gasteiger partial charge is 0.511 e. The molecule has 94 valence electrons. The van der Waals surface area contributed by atoms with Gasteiger partial charge in [-0.2, -0.15) is 0 Å². The van der Waals surface area contributed by atoms with E-state index < -0.39 is 18.5 Å². The summed E-state index contributed by atoms with van der Waals surface area (Å²) >= 11 is 0. The number of benzene rings is 1. The van der Waals surface area contributed by atoms with Gasteiger partial charge in [0.1, 0.15) is 12.4 Å². The zero-order chi connectivity index (χ0) is 13.0. The van der Waals surface area contributed by atoms with Crippen molar-refractivity contribution in [1.82, 2.24) is 0 Å². The molecule has 1 N–H and O–H groups in total. The summed E-state index contributed by atoms with van der Waals surface area (Å²) in [5, 5.41) is 9.38. The minimum atomic E-state index is -1.21. The Labute approximate surface area is 104 Å². The van der Waals surface area contributed by atoms with Crippen LogP contribution >= 0.6 is 0 Å². The van der Waals surface area contributed by atoms with Crippen molar-refractivity contribution < 1.29 is 24.1 Å². The van der Waals surface area contributed by atoms with Gasteiger partial charge in [0.15, 0.2) is 6.10 Å². The van der Waals surface area contributed by atoms with E-state index in [0.717, 1.165) is 5.56 Å². The molecule has 0 aliphatic carbocycles. The summed E-state index contributed by atoms with van der Waals surface area (Å²) in [6, 6.07) is 7.14. The molecule has 0 radical (unpaired) electrons. The van der Waals surface area contributed by atoms with Crippen LogP contribution in [0, 0.1) is 12.3 Å². The van der Waals surface area contributed by atoms with E-state index in [-0.39, 0.29) is 6.61 Å². The number of hydrogen-bond acceptors (Lipinski definition) is 5. The monoisotopic (exact) mass is 248 g/mol. The molecule has 1 aliphatic heterocycles. The molecular formula is C13H12O5. The summed E-state index contributed by atoms with van der Waals surface area (Å²) in [5.41, 5.74) is 0.894. The number of rotatable bonds is 4. The second-order valence-electron chi connectivity index (χ2n) is 3.76. The zero-order valence-electron chi connectivity index (χ0n) is 9.54. The molecule has 18 heavy (non-hydrogen) atoms. The van der Waals surface area contributed by atoms with E-state index in [1.165, 1.54) is 0 Å². The maximum absolute atomic E-state index is 10.8. The fourth-order valence-corrected chi connectivity index (χ4v) is 1.61. The Morgan fingerprint density at radius 2 is 2.06 bits per heavy atom. The lowest BCUT2D eigenvalue weighted by molar-refractivity contribution is -0.0441. The Hall–Kier alpha value is -2.19. The normalized spacial score (nSPS) is 21.9. The number of carbonyl (C=O) groups is 1. The lowest BCUT2D eigenvalue weighted by Gasteiger charge is -2.10. The van der Waals surface area contributed by atoms with E-state index >= 15 is 0 Å². The first-order chi connectivity index (χ1) is 8.69. The van der Waals surface area contributed by atoms with Gasteiger partial charge in [0.05, 0.1) is 0 Å². The van der Waals surface area contributed by atoms with Gasteiger partial charge in [-0.25, -0.2) is 4.79 Å². The Bertz CT molecular complexity index is 459. The summed E-state index contributed by atoms with van der Waals surface area (Å²) in [6.07, 6.45) is 2.73. The Morgan fingerprint density at radius 3 is 2.61 bits per heavy atom. The van der Waals surface area contributed by atoms with Gasteiger partial charge in [0.25, 0.3) is 0 Å². The SMILES string of the molecule is C#CCOc1ccc(CC2OC(=O)OC2O)cc1. The molecule has 1 aliphatic rings. The highest BCUT2D eigenvalue weighted by Crippen LogP contribution is 2.19. The summed E-state index contributed by atoms with van der Waals surface area (Å²) in [4.78, 5) is 10.8. The van der Waals surface area contributed by atoms with Crippen LogP contribution in [0.1, 0.15) is 5.56 Å². The predicted octanol–water partition coefficient (Wildman–Crippen LogP) is 1.09. The first-order valence-electron chi connectivity index (χ1n) is 5.39. The number of aliphatic hydroxyl groups excluding tert-OH is 1. The van der Waals surface area contributed by atoms with Crippen molar-refractivity contribution in [3.05, 3.63) is 29.8 Å². The standard InChI is InChI=1S/C13H12O5/c1-2-7-16-10-5-3-9(4-6-10)8-11-12(14)18-13(15)17-11/h1,3-6,11-12,14H,7-8H2. The average molecular weight is 248 g/mol. The van der Waals surface area contributed by atoms with Crippen molar-refractivity contribution >= 4 is 6.16 Å². The molecule has 0 bridgehead atoms. The van der Waals surface area contributed by atoms with Crippen LogP contribution in [0.4, 0.5) is 4.79 Å². The molecule has 1 heterocycles. The lowest BCUT2D eigenvalue weighted by Crippen LogP contribution is -2.24. The van der Waals surface area contributed by atoms with E-state index in [1.54, 1.807) is 12.1 Å².